The second-order valence-corrected chi connectivity index (χ2v) is 7.70. The molecule has 0 fully saturated rings. The molecule has 0 saturated heterocycles. The van der Waals surface area contributed by atoms with Crippen molar-refractivity contribution >= 4 is 28.2 Å². The van der Waals surface area contributed by atoms with Gasteiger partial charge in [-0.25, -0.2) is 4.79 Å². The molecular formula is C20H23N5OS. The lowest BCUT2D eigenvalue weighted by Gasteiger charge is -2.08. The minimum atomic E-state index is -0.338. The van der Waals surface area contributed by atoms with Gasteiger partial charge in [0.2, 0.25) is 5.13 Å². The molecule has 0 aliphatic carbocycles. The smallest absolute Gasteiger partial charge is 0.308 e. The predicted molar refractivity (Wildman–Crippen MR) is 110 cm³/mol. The summed E-state index contributed by atoms with van der Waals surface area (Å²) in [6.45, 7) is 6.45. The highest BCUT2D eigenvalue weighted by Crippen LogP contribution is 2.26. The Morgan fingerprint density at radius 3 is 2.56 bits per heavy atom. The lowest BCUT2D eigenvalue weighted by Crippen LogP contribution is -2.19. The Kier molecular flexibility index (Phi) is 6.13. The van der Waals surface area contributed by atoms with Crippen molar-refractivity contribution in [2.75, 3.05) is 10.6 Å². The first-order valence-corrected chi connectivity index (χ1v) is 9.80. The van der Waals surface area contributed by atoms with Gasteiger partial charge in [-0.2, -0.15) is 0 Å². The summed E-state index contributed by atoms with van der Waals surface area (Å²) in [6, 6.07) is 9.58. The number of aryl methyl sites for hydroxylation is 1. The zero-order valence-electron chi connectivity index (χ0n) is 15.7. The summed E-state index contributed by atoms with van der Waals surface area (Å²) in [5.41, 5.74) is 4.04. The van der Waals surface area contributed by atoms with E-state index in [2.05, 4.69) is 46.6 Å². The van der Waals surface area contributed by atoms with Crippen molar-refractivity contribution in [3.8, 4) is 10.6 Å². The maximum atomic E-state index is 12.2. The Morgan fingerprint density at radius 2 is 1.85 bits per heavy atom. The number of hydrogen-bond donors (Lipinski definition) is 2. The molecule has 0 bridgehead atoms. The topological polar surface area (TPSA) is 79.8 Å². The first-order valence-electron chi connectivity index (χ1n) is 8.98. The Hall–Kier alpha value is -2.80. The van der Waals surface area contributed by atoms with Crippen molar-refractivity contribution in [3.05, 3.63) is 53.9 Å². The number of hydrogen-bond acceptors (Lipinski definition) is 5. The van der Waals surface area contributed by atoms with Crippen LogP contribution in [0.4, 0.5) is 15.6 Å². The van der Waals surface area contributed by atoms with E-state index in [0.717, 1.165) is 34.7 Å². The van der Waals surface area contributed by atoms with E-state index in [9.17, 15) is 4.79 Å². The Balaban J connectivity index is 1.60. The maximum absolute atomic E-state index is 12.2. The SMILES string of the molecule is CCc1cncc(-c2nnc(NC(=O)Nc3ccc(CC(C)C)cc3)s2)c1. The van der Waals surface area contributed by atoms with Gasteiger partial charge < -0.3 is 5.32 Å². The Bertz CT molecular complexity index is 905. The van der Waals surface area contributed by atoms with Gasteiger partial charge in [0.05, 0.1) is 0 Å². The Morgan fingerprint density at radius 1 is 1.07 bits per heavy atom. The van der Waals surface area contributed by atoms with Crippen molar-refractivity contribution in [2.45, 2.75) is 33.6 Å². The second-order valence-electron chi connectivity index (χ2n) is 6.72. The molecule has 6 nitrogen and oxygen atoms in total. The van der Waals surface area contributed by atoms with Crippen LogP contribution in [0.5, 0.6) is 0 Å². The van der Waals surface area contributed by atoms with E-state index in [0.29, 0.717) is 11.0 Å². The average Bonchev–Trinajstić information content (AvgIpc) is 3.11. The molecule has 0 aliphatic heterocycles. The van der Waals surface area contributed by atoms with Gasteiger partial charge in [-0.15, -0.1) is 10.2 Å². The largest absolute Gasteiger partial charge is 0.325 e. The van der Waals surface area contributed by atoms with Crippen LogP contribution in [0.3, 0.4) is 0 Å². The highest BCUT2D eigenvalue weighted by atomic mass is 32.1. The van der Waals surface area contributed by atoms with Crippen molar-refractivity contribution in [2.24, 2.45) is 5.92 Å². The average molecular weight is 382 g/mol. The van der Waals surface area contributed by atoms with Crippen molar-refractivity contribution < 1.29 is 4.79 Å². The number of rotatable bonds is 6. The minimum Gasteiger partial charge on any atom is -0.308 e. The Labute approximate surface area is 163 Å². The molecule has 2 aromatic heterocycles. The summed E-state index contributed by atoms with van der Waals surface area (Å²) in [5.74, 6) is 0.604. The molecule has 0 saturated carbocycles. The fraction of sp³-hybridized carbons (Fsp3) is 0.300. The van der Waals surface area contributed by atoms with E-state index in [4.69, 9.17) is 0 Å². The fourth-order valence-corrected chi connectivity index (χ4v) is 3.36. The highest BCUT2D eigenvalue weighted by Gasteiger charge is 2.10. The lowest BCUT2D eigenvalue weighted by molar-refractivity contribution is 0.262. The monoisotopic (exact) mass is 381 g/mol. The first kappa shape index (κ1) is 19.0. The van der Waals surface area contributed by atoms with Gasteiger partial charge >= 0.3 is 6.03 Å². The van der Waals surface area contributed by atoms with Crippen LogP contribution in [0, 0.1) is 5.92 Å². The fourth-order valence-electron chi connectivity index (χ4n) is 2.64. The van der Waals surface area contributed by atoms with Gasteiger partial charge in [0.25, 0.3) is 0 Å². The number of anilines is 2. The zero-order chi connectivity index (χ0) is 19.2. The molecule has 0 atom stereocenters. The molecule has 0 unspecified atom stereocenters. The van der Waals surface area contributed by atoms with Crippen LogP contribution < -0.4 is 10.6 Å². The molecule has 0 aliphatic rings. The standard InChI is InChI=1S/C20H23N5OS/c1-4-14-10-16(12-21-11-14)18-24-25-20(27-18)23-19(26)22-17-7-5-15(6-8-17)9-13(2)3/h5-8,10-13H,4,9H2,1-3H3,(H2,22,23,25,26). The van der Waals surface area contributed by atoms with Gasteiger partial charge in [0.15, 0.2) is 5.01 Å². The molecule has 7 heteroatoms. The molecule has 140 valence electrons. The molecule has 2 amide bonds. The van der Waals surface area contributed by atoms with E-state index in [1.54, 1.807) is 6.20 Å². The number of nitrogens with zero attached hydrogens (tertiary/aromatic N) is 3. The molecular weight excluding hydrogens is 358 g/mol. The van der Waals surface area contributed by atoms with Gasteiger partial charge in [-0.05, 0) is 48.1 Å². The van der Waals surface area contributed by atoms with Crippen molar-refractivity contribution in [3.63, 3.8) is 0 Å². The van der Waals surface area contributed by atoms with Gasteiger partial charge in [-0.3, -0.25) is 10.3 Å². The first-order chi connectivity index (χ1) is 13.0. The molecule has 3 rings (SSSR count). The second kappa shape index (κ2) is 8.73. The molecule has 27 heavy (non-hydrogen) atoms. The summed E-state index contributed by atoms with van der Waals surface area (Å²) in [7, 11) is 0. The van der Waals surface area contributed by atoms with Gasteiger partial charge in [-0.1, -0.05) is 44.2 Å². The number of carbonyl (C=O) groups excluding carboxylic acids is 1. The number of urea groups is 1. The van der Waals surface area contributed by atoms with Crippen LogP contribution in [0.25, 0.3) is 10.6 Å². The molecule has 2 N–H and O–H groups in total. The van der Waals surface area contributed by atoms with Crippen LogP contribution in [0.1, 0.15) is 31.9 Å². The number of nitrogens with one attached hydrogen (secondary N) is 2. The van der Waals surface area contributed by atoms with Crippen molar-refractivity contribution in [1.29, 1.82) is 0 Å². The zero-order valence-corrected chi connectivity index (χ0v) is 16.5. The van der Waals surface area contributed by atoms with Crippen LogP contribution in [-0.4, -0.2) is 21.2 Å². The number of pyridine rings is 1. The van der Waals surface area contributed by atoms with Crippen LogP contribution in [-0.2, 0) is 12.8 Å². The van der Waals surface area contributed by atoms with E-state index >= 15 is 0 Å². The third-order valence-electron chi connectivity index (χ3n) is 3.95. The lowest BCUT2D eigenvalue weighted by atomic mass is 10.0. The molecule has 1 aromatic carbocycles. The van der Waals surface area contributed by atoms with Gasteiger partial charge in [0.1, 0.15) is 0 Å². The van der Waals surface area contributed by atoms with E-state index in [1.807, 2.05) is 36.5 Å². The quantitative estimate of drug-likeness (QED) is 0.629. The van der Waals surface area contributed by atoms with Crippen LogP contribution in [0.15, 0.2) is 42.7 Å². The molecule has 2 heterocycles. The van der Waals surface area contributed by atoms with E-state index < -0.39 is 0 Å². The molecule has 3 aromatic rings. The third-order valence-corrected chi connectivity index (χ3v) is 4.84. The highest BCUT2D eigenvalue weighted by molar-refractivity contribution is 7.18. The number of amides is 2. The normalized spacial score (nSPS) is 10.8. The summed E-state index contributed by atoms with van der Waals surface area (Å²) in [6.07, 6.45) is 5.52. The van der Waals surface area contributed by atoms with Gasteiger partial charge in [0, 0.05) is 23.6 Å². The summed E-state index contributed by atoms with van der Waals surface area (Å²) in [4.78, 5) is 16.4. The number of carbonyl (C=O) groups is 1. The molecule has 0 radical (unpaired) electrons. The number of aromatic nitrogens is 3. The summed E-state index contributed by atoms with van der Waals surface area (Å²) >= 11 is 1.32. The van der Waals surface area contributed by atoms with E-state index in [1.165, 1.54) is 16.9 Å². The summed E-state index contributed by atoms with van der Waals surface area (Å²) < 4.78 is 0. The summed E-state index contributed by atoms with van der Waals surface area (Å²) in [5, 5.41) is 14.9. The minimum absolute atomic E-state index is 0.338. The molecule has 0 spiro atoms. The third kappa shape index (κ3) is 5.34. The van der Waals surface area contributed by atoms with E-state index in [-0.39, 0.29) is 6.03 Å². The van der Waals surface area contributed by atoms with Crippen LogP contribution >= 0.6 is 11.3 Å². The van der Waals surface area contributed by atoms with Crippen LogP contribution in [0.2, 0.25) is 0 Å². The number of benzene rings is 1. The predicted octanol–water partition coefficient (Wildman–Crippen LogP) is 5.01. The maximum Gasteiger partial charge on any atom is 0.325 e. The van der Waals surface area contributed by atoms with Crippen molar-refractivity contribution in [1.82, 2.24) is 15.2 Å².